The van der Waals surface area contributed by atoms with E-state index in [4.69, 9.17) is 16.3 Å². The Balaban J connectivity index is 1.21. The molecular formula is C23H31ClFN3O3. The molecule has 1 aliphatic heterocycles. The Labute approximate surface area is 187 Å². The summed E-state index contributed by atoms with van der Waals surface area (Å²) >= 11 is 5.66. The van der Waals surface area contributed by atoms with E-state index < -0.39 is 5.82 Å². The highest BCUT2D eigenvalue weighted by molar-refractivity contribution is 6.30. The minimum Gasteiger partial charge on any atom is -0.484 e. The second-order valence-corrected chi connectivity index (χ2v) is 9.51. The summed E-state index contributed by atoms with van der Waals surface area (Å²) in [7, 11) is 0. The van der Waals surface area contributed by atoms with Crippen LogP contribution in [0.25, 0.3) is 0 Å². The molecule has 2 bridgehead atoms. The number of hydrogen-bond acceptors (Lipinski definition) is 4. The molecule has 6 nitrogen and oxygen atoms in total. The average Bonchev–Trinajstić information content (AvgIpc) is 2.74. The molecule has 3 N–H and O–H groups in total. The Morgan fingerprint density at radius 3 is 2.77 bits per heavy atom. The molecule has 0 spiro atoms. The van der Waals surface area contributed by atoms with E-state index in [1.54, 1.807) is 0 Å². The third-order valence-corrected chi connectivity index (χ3v) is 7.31. The third-order valence-electron chi connectivity index (χ3n) is 7.01. The lowest BCUT2D eigenvalue weighted by molar-refractivity contribution is -0.136. The first kappa shape index (κ1) is 22.3. The van der Waals surface area contributed by atoms with Crippen LogP contribution in [0, 0.1) is 23.6 Å². The number of amides is 2. The first-order valence-electron chi connectivity index (χ1n) is 11.4. The normalized spacial score (nSPS) is 29.5. The van der Waals surface area contributed by atoms with Crippen molar-refractivity contribution in [2.75, 3.05) is 19.7 Å². The van der Waals surface area contributed by atoms with Gasteiger partial charge in [-0.25, -0.2) is 4.39 Å². The lowest BCUT2D eigenvalue weighted by atomic mass is 9.57. The van der Waals surface area contributed by atoms with E-state index in [0.29, 0.717) is 30.8 Å². The largest absolute Gasteiger partial charge is 0.484 e. The standard InChI is InChI=1S/C23H31ClFN3O3/c24-19-5-4-17(11-20(19)25)31-13-22(29)28-21-12-18(14-9-15(21)10-14)23(30)27-8-6-16-3-1-2-7-26-16/h4-5,11,14-16,18,21,26H,1-3,6-10,12-13H2,(H,27,30)(H,28,29)/t14?,15?,16?,18-,21+/m0/s1. The topological polar surface area (TPSA) is 79.5 Å². The zero-order chi connectivity index (χ0) is 21.8. The van der Waals surface area contributed by atoms with E-state index in [1.165, 1.54) is 31.4 Å². The van der Waals surface area contributed by atoms with Gasteiger partial charge in [-0.15, -0.1) is 0 Å². The van der Waals surface area contributed by atoms with Gasteiger partial charge in [-0.05, 0) is 69.0 Å². The quantitative estimate of drug-likeness (QED) is 0.567. The van der Waals surface area contributed by atoms with Crippen LogP contribution in [0.1, 0.15) is 44.9 Å². The summed E-state index contributed by atoms with van der Waals surface area (Å²) in [6, 6.07) is 4.58. The van der Waals surface area contributed by atoms with Gasteiger partial charge in [-0.2, -0.15) is 0 Å². The summed E-state index contributed by atoms with van der Waals surface area (Å²) in [4.78, 5) is 25.1. The summed E-state index contributed by atoms with van der Waals surface area (Å²) in [5.41, 5.74) is 0. The van der Waals surface area contributed by atoms with Gasteiger partial charge in [-0.3, -0.25) is 9.59 Å². The number of rotatable bonds is 8. The lowest BCUT2D eigenvalue weighted by Gasteiger charge is -2.50. The summed E-state index contributed by atoms with van der Waals surface area (Å²) in [5.74, 6) is 0.353. The van der Waals surface area contributed by atoms with Crippen molar-refractivity contribution in [2.45, 2.75) is 57.0 Å². The van der Waals surface area contributed by atoms with Gasteiger partial charge in [0.2, 0.25) is 5.91 Å². The van der Waals surface area contributed by atoms with Crippen LogP contribution in [0.2, 0.25) is 5.02 Å². The lowest BCUT2D eigenvalue weighted by Crippen LogP contribution is -2.57. The maximum absolute atomic E-state index is 13.5. The van der Waals surface area contributed by atoms with Crippen LogP contribution < -0.4 is 20.7 Å². The fourth-order valence-electron chi connectivity index (χ4n) is 5.16. The van der Waals surface area contributed by atoms with Crippen molar-refractivity contribution in [3.05, 3.63) is 29.0 Å². The van der Waals surface area contributed by atoms with Crippen molar-refractivity contribution in [3.8, 4) is 5.75 Å². The second kappa shape index (κ2) is 10.2. The summed E-state index contributed by atoms with van der Waals surface area (Å²) in [6.45, 7) is 1.58. The van der Waals surface area contributed by atoms with Crippen LogP contribution in [-0.4, -0.2) is 43.6 Å². The highest BCUT2D eigenvalue weighted by Gasteiger charge is 2.48. The molecule has 5 rings (SSSR count). The Kier molecular flexibility index (Phi) is 7.33. The fourth-order valence-corrected chi connectivity index (χ4v) is 5.27. The fraction of sp³-hybridized carbons (Fsp3) is 0.652. The molecule has 1 aromatic carbocycles. The van der Waals surface area contributed by atoms with Gasteiger partial charge in [0.15, 0.2) is 6.61 Å². The number of nitrogens with one attached hydrogen (secondary N) is 3. The average molecular weight is 452 g/mol. The van der Waals surface area contributed by atoms with Crippen molar-refractivity contribution in [1.82, 2.24) is 16.0 Å². The number of carbonyl (C=O) groups excluding carboxylic acids is 2. The monoisotopic (exact) mass is 451 g/mol. The van der Waals surface area contributed by atoms with E-state index in [1.807, 2.05) is 0 Å². The minimum atomic E-state index is -0.583. The van der Waals surface area contributed by atoms with Crippen LogP contribution in [-0.2, 0) is 9.59 Å². The van der Waals surface area contributed by atoms with E-state index in [0.717, 1.165) is 31.9 Å². The number of halogens is 2. The van der Waals surface area contributed by atoms with E-state index in [-0.39, 0.29) is 41.2 Å². The maximum Gasteiger partial charge on any atom is 0.258 e. The number of piperidine rings is 1. The summed E-state index contributed by atoms with van der Waals surface area (Å²) < 4.78 is 18.9. The number of hydrogen-bond donors (Lipinski definition) is 3. The van der Waals surface area contributed by atoms with Gasteiger partial charge in [0.05, 0.1) is 5.02 Å². The number of benzene rings is 1. The van der Waals surface area contributed by atoms with Gasteiger partial charge in [-0.1, -0.05) is 18.0 Å². The van der Waals surface area contributed by atoms with Crippen LogP contribution in [0.5, 0.6) is 5.75 Å². The van der Waals surface area contributed by atoms with Crippen molar-refractivity contribution < 1.29 is 18.7 Å². The molecule has 2 amide bonds. The number of carbonyl (C=O) groups is 2. The van der Waals surface area contributed by atoms with Crippen molar-refractivity contribution >= 4 is 23.4 Å². The van der Waals surface area contributed by atoms with Gasteiger partial charge < -0.3 is 20.7 Å². The van der Waals surface area contributed by atoms with Gasteiger partial charge in [0.1, 0.15) is 11.6 Å². The highest BCUT2D eigenvalue weighted by Crippen LogP contribution is 2.49. The zero-order valence-electron chi connectivity index (χ0n) is 17.7. The summed E-state index contributed by atoms with van der Waals surface area (Å²) in [5, 5.41) is 9.67. The van der Waals surface area contributed by atoms with E-state index in [9.17, 15) is 14.0 Å². The van der Waals surface area contributed by atoms with Crippen LogP contribution >= 0.6 is 11.6 Å². The van der Waals surface area contributed by atoms with Gasteiger partial charge >= 0.3 is 0 Å². The molecule has 1 unspecified atom stereocenters. The Morgan fingerprint density at radius 1 is 1.19 bits per heavy atom. The predicted molar refractivity (Wildman–Crippen MR) is 116 cm³/mol. The van der Waals surface area contributed by atoms with E-state index in [2.05, 4.69) is 16.0 Å². The molecule has 1 saturated heterocycles. The molecule has 170 valence electrons. The number of ether oxygens (including phenoxy) is 1. The van der Waals surface area contributed by atoms with Gasteiger partial charge in [0, 0.05) is 30.6 Å². The molecule has 8 heteroatoms. The Morgan fingerprint density at radius 2 is 2.03 bits per heavy atom. The Bertz CT molecular complexity index is 796. The molecular weight excluding hydrogens is 421 g/mol. The van der Waals surface area contributed by atoms with Crippen LogP contribution in [0.4, 0.5) is 4.39 Å². The van der Waals surface area contributed by atoms with Crippen LogP contribution in [0.3, 0.4) is 0 Å². The molecule has 0 radical (unpaired) electrons. The first-order valence-corrected chi connectivity index (χ1v) is 11.8. The molecule has 4 fully saturated rings. The highest BCUT2D eigenvalue weighted by atomic mass is 35.5. The molecule has 3 atom stereocenters. The SMILES string of the molecule is O=C(COc1ccc(Cl)c(F)c1)N[C@@H]1C[C@H](C(=O)NCCC2CCCCN2)C2CC1C2. The number of fused-ring (bicyclic) bond motifs is 2. The molecule has 4 aliphatic rings. The zero-order valence-corrected chi connectivity index (χ0v) is 18.4. The van der Waals surface area contributed by atoms with Crippen molar-refractivity contribution in [1.29, 1.82) is 0 Å². The third kappa shape index (κ3) is 5.69. The molecule has 1 heterocycles. The molecule has 3 aliphatic carbocycles. The maximum atomic E-state index is 13.5. The minimum absolute atomic E-state index is 0.0119. The summed E-state index contributed by atoms with van der Waals surface area (Å²) in [6.07, 6.45) is 7.28. The van der Waals surface area contributed by atoms with Crippen molar-refractivity contribution in [2.24, 2.45) is 17.8 Å². The molecule has 0 aromatic heterocycles. The smallest absolute Gasteiger partial charge is 0.258 e. The van der Waals surface area contributed by atoms with Gasteiger partial charge in [0.25, 0.3) is 5.91 Å². The van der Waals surface area contributed by atoms with Crippen LogP contribution in [0.15, 0.2) is 18.2 Å². The first-order chi connectivity index (χ1) is 15.0. The van der Waals surface area contributed by atoms with Crippen molar-refractivity contribution in [3.63, 3.8) is 0 Å². The molecule has 1 aromatic rings. The van der Waals surface area contributed by atoms with E-state index >= 15 is 0 Å². The second-order valence-electron chi connectivity index (χ2n) is 9.10. The Hall–Kier alpha value is -1.86. The molecule has 3 saturated carbocycles. The predicted octanol–water partition coefficient (Wildman–Crippen LogP) is 3.04. The molecule has 31 heavy (non-hydrogen) atoms.